The number of hydrogen-bond acceptors (Lipinski definition) is 5. The van der Waals surface area contributed by atoms with Gasteiger partial charge in [0.25, 0.3) is 0 Å². The van der Waals surface area contributed by atoms with Crippen LogP contribution in [0.15, 0.2) is 36.0 Å². The maximum atomic E-state index is 11.0. The van der Waals surface area contributed by atoms with Gasteiger partial charge in [0.05, 0.1) is 18.2 Å². The molecular formula is C14H16N2O5. The zero-order chi connectivity index (χ0) is 15.6. The Morgan fingerprint density at radius 1 is 1.33 bits per heavy atom. The third-order valence-corrected chi connectivity index (χ3v) is 3.46. The molecule has 0 fully saturated rings. The highest BCUT2D eigenvalue weighted by molar-refractivity contribution is 5.93. The molecule has 1 aromatic carbocycles. The standard InChI is InChI=1S/C14H16N2O5/c1-16(15-10(14(20)21)7-12(17)18)11-6-8-4-2-3-5-9(8)13(11)19/h2-5,7,11,13,15,19H,6H2,1H3,(H,17,18)(H,20,21)/b10-7+/t11?,13-/m1/s1. The van der Waals surface area contributed by atoms with E-state index in [2.05, 4.69) is 5.43 Å². The highest BCUT2D eigenvalue weighted by Gasteiger charge is 2.34. The van der Waals surface area contributed by atoms with Crippen LogP contribution in [0.4, 0.5) is 0 Å². The van der Waals surface area contributed by atoms with E-state index in [1.54, 1.807) is 7.05 Å². The Bertz CT molecular complexity index is 599. The number of fused-ring (bicyclic) bond motifs is 1. The number of hydrogen-bond donors (Lipinski definition) is 4. The number of aliphatic carboxylic acids is 2. The third kappa shape index (κ3) is 3.21. The van der Waals surface area contributed by atoms with Crippen LogP contribution in [-0.2, 0) is 16.0 Å². The van der Waals surface area contributed by atoms with Gasteiger partial charge in [-0.2, -0.15) is 0 Å². The number of carbonyl (C=O) groups is 2. The van der Waals surface area contributed by atoms with Gasteiger partial charge in [-0.15, -0.1) is 0 Å². The van der Waals surface area contributed by atoms with Crippen LogP contribution >= 0.6 is 0 Å². The first-order valence-electron chi connectivity index (χ1n) is 6.33. The second kappa shape index (κ2) is 5.94. The van der Waals surface area contributed by atoms with E-state index >= 15 is 0 Å². The quantitative estimate of drug-likeness (QED) is 0.451. The van der Waals surface area contributed by atoms with E-state index in [4.69, 9.17) is 10.2 Å². The fourth-order valence-electron chi connectivity index (χ4n) is 2.44. The van der Waals surface area contributed by atoms with Crippen LogP contribution in [0.25, 0.3) is 0 Å². The number of likely N-dealkylation sites (N-methyl/N-ethyl adjacent to an activating group) is 1. The molecule has 7 heteroatoms. The number of rotatable bonds is 5. The molecule has 1 aliphatic carbocycles. The Balaban J connectivity index is 2.13. The fraction of sp³-hybridized carbons (Fsp3) is 0.286. The lowest BCUT2D eigenvalue weighted by Gasteiger charge is -2.28. The molecule has 0 saturated heterocycles. The van der Waals surface area contributed by atoms with Crippen molar-refractivity contribution in [2.45, 2.75) is 18.6 Å². The molecular weight excluding hydrogens is 276 g/mol. The van der Waals surface area contributed by atoms with Crippen molar-refractivity contribution < 1.29 is 24.9 Å². The number of hydrazine groups is 1. The van der Waals surface area contributed by atoms with Crippen molar-refractivity contribution in [1.29, 1.82) is 0 Å². The molecule has 1 aliphatic rings. The zero-order valence-corrected chi connectivity index (χ0v) is 11.4. The molecule has 0 heterocycles. The van der Waals surface area contributed by atoms with Crippen molar-refractivity contribution >= 4 is 11.9 Å². The molecule has 0 aromatic heterocycles. The van der Waals surface area contributed by atoms with Crippen molar-refractivity contribution in [2.24, 2.45) is 0 Å². The van der Waals surface area contributed by atoms with Gasteiger partial charge in [-0.3, -0.25) is 0 Å². The van der Waals surface area contributed by atoms with Crippen LogP contribution in [0.1, 0.15) is 17.2 Å². The fourth-order valence-corrected chi connectivity index (χ4v) is 2.44. The summed E-state index contributed by atoms with van der Waals surface area (Å²) in [5.74, 6) is -2.74. The molecule has 0 saturated carbocycles. The van der Waals surface area contributed by atoms with Crippen molar-refractivity contribution in [3.8, 4) is 0 Å². The topological polar surface area (TPSA) is 110 Å². The number of carboxylic acid groups (broad SMARTS) is 2. The molecule has 0 amide bonds. The summed E-state index contributed by atoms with van der Waals surface area (Å²) in [6, 6.07) is 7.04. The summed E-state index contributed by atoms with van der Waals surface area (Å²) in [6.07, 6.45) is 0.354. The summed E-state index contributed by atoms with van der Waals surface area (Å²) in [6.45, 7) is 0. The van der Waals surface area contributed by atoms with Crippen LogP contribution in [0, 0.1) is 0 Å². The third-order valence-electron chi connectivity index (χ3n) is 3.46. The molecule has 0 radical (unpaired) electrons. The molecule has 0 aliphatic heterocycles. The molecule has 2 rings (SSSR count). The first kappa shape index (κ1) is 15.0. The minimum atomic E-state index is -1.38. The minimum Gasteiger partial charge on any atom is -0.478 e. The number of benzene rings is 1. The SMILES string of the molecule is CN(N/C(=C/C(=O)O)C(=O)O)C1Cc2ccccc2[C@H]1O. The van der Waals surface area contributed by atoms with Crippen molar-refractivity contribution in [2.75, 3.05) is 7.05 Å². The van der Waals surface area contributed by atoms with Gasteiger partial charge in [-0.25, -0.2) is 14.6 Å². The highest BCUT2D eigenvalue weighted by Crippen LogP contribution is 2.33. The predicted molar refractivity (Wildman–Crippen MR) is 73.1 cm³/mol. The maximum absolute atomic E-state index is 11.0. The van der Waals surface area contributed by atoms with Crippen LogP contribution < -0.4 is 5.43 Å². The zero-order valence-electron chi connectivity index (χ0n) is 11.4. The largest absolute Gasteiger partial charge is 0.478 e. The summed E-state index contributed by atoms with van der Waals surface area (Å²) in [5.41, 5.74) is 3.83. The smallest absolute Gasteiger partial charge is 0.353 e. The average molecular weight is 292 g/mol. The van der Waals surface area contributed by atoms with Crippen LogP contribution in [0.5, 0.6) is 0 Å². The molecule has 1 aromatic rings. The number of nitrogens with one attached hydrogen (secondary N) is 1. The van der Waals surface area contributed by atoms with Crippen LogP contribution in [0.3, 0.4) is 0 Å². The van der Waals surface area contributed by atoms with Crippen molar-refractivity contribution in [3.05, 3.63) is 47.2 Å². The van der Waals surface area contributed by atoms with Gasteiger partial charge in [-0.1, -0.05) is 24.3 Å². The maximum Gasteiger partial charge on any atom is 0.353 e. The van der Waals surface area contributed by atoms with E-state index in [-0.39, 0.29) is 6.04 Å². The van der Waals surface area contributed by atoms with E-state index in [1.165, 1.54) is 5.01 Å². The van der Waals surface area contributed by atoms with Gasteiger partial charge in [-0.05, 0) is 17.5 Å². The van der Waals surface area contributed by atoms with Gasteiger partial charge in [0, 0.05) is 7.05 Å². The molecule has 21 heavy (non-hydrogen) atoms. The van der Waals surface area contributed by atoms with Crippen molar-refractivity contribution in [1.82, 2.24) is 10.4 Å². The normalized spacial score (nSPS) is 21.2. The predicted octanol–water partition coefficient (Wildman–Crippen LogP) is 0.134. The first-order valence-corrected chi connectivity index (χ1v) is 6.33. The Morgan fingerprint density at radius 2 is 2.00 bits per heavy atom. The van der Waals surface area contributed by atoms with Gasteiger partial charge in [0.15, 0.2) is 0 Å². The van der Waals surface area contributed by atoms with Gasteiger partial charge in [0.1, 0.15) is 5.70 Å². The van der Waals surface area contributed by atoms with E-state index in [0.717, 1.165) is 11.1 Å². The summed E-state index contributed by atoms with van der Waals surface area (Å²) in [4.78, 5) is 21.6. The van der Waals surface area contributed by atoms with E-state index in [1.807, 2.05) is 24.3 Å². The molecule has 0 spiro atoms. The highest BCUT2D eigenvalue weighted by atomic mass is 16.4. The van der Waals surface area contributed by atoms with Crippen LogP contribution in [-0.4, -0.2) is 45.4 Å². The Hall–Kier alpha value is -2.38. The summed E-state index contributed by atoms with van der Waals surface area (Å²) < 4.78 is 0. The van der Waals surface area contributed by atoms with Gasteiger partial charge < -0.3 is 20.7 Å². The minimum absolute atomic E-state index is 0.376. The van der Waals surface area contributed by atoms with Gasteiger partial charge in [0.2, 0.25) is 0 Å². The molecule has 4 N–H and O–H groups in total. The number of aliphatic hydroxyl groups is 1. The molecule has 112 valence electrons. The van der Waals surface area contributed by atoms with E-state index < -0.39 is 23.7 Å². The van der Waals surface area contributed by atoms with Crippen LogP contribution in [0.2, 0.25) is 0 Å². The Morgan fingerprint density at radius 3 is 2.57 bits per heavy atom. The second-order valence-corrected chi connectivity index (χ2v) is 4.84. The molecule has 0 bridgehead atoms. The summed E-state index contributed by atoms with van der Waals surface area (Å²) in [7, 11) is 1.57. The van der Waals surface area contributed by atoms with E-state index in [9.17, 15) is 14.7 Å². The lowest BCUT2D eigenvalue weighted by molar-refractivity contribution is -0.136. The number of nitrogens with zero attached hydrogens (tertiary/aromatic N) is 1. The summed E-state index contributed by atoms with van der Waals surface area (Å²) >= 11 is 0. The average Bonchev–Trinajstić information content (AvgIpc) is 2.75. The van der Waals surface area contributed by atoms with Crippen molar-refractivity contribution in [3.63, 3.8) is 0 Å². The summed E-state index contributed by atoms with van der Waals surface area (Å²) in [5, 5.41) is 29.3. The Kier molecular flexibility index (Phi) is 4.25. The van der Waals surface area contributed by atoms with Gasteiger partial charge >= 0.3 is 11.9 Å². The first-order chi connectivity index (χ1) is 9.90. The lowest BCUT2D eigenvalue weighted by Crippen LogP contribution is -2.45. The van der Waals surface area contributed by atoms with E-state index in [0.29, 0.717) is 12.5 Å². The Labute approximate surface area is 121 Å². The monoisotopic (exact) mass is 292 g/mol. The second-order valence-electron chi connectivity index (χ2n) is 4.84. The molecule has 7 nitrogen and oxygen atoms in total. The lowest BCUT2D eigenvalue weighted by atomic mass is 10.1. The molecule has 2 atom stereocenters. The number of carboxylic acids is 2. The molecule has 1 unspecified atom stereocenters. The number of aliphatic hydroxyl groups excluding tert-OH is 1.